The Balaban J connectivity index is 2.57. The average molecular weight is 259 g/mol. The molecule has 0 aromatic carbocycles. The highest BCUT2D eigenvalue weighted by Crippen LogP contribution is 2.21. The molecule has 102 valence electrons. The van der Waals surface area contributed by atoms with Gasteiger partial charge >= 0.3 is 0 Å². The van der Waals surface area contributed by atoms with E-state index < -0.39 is 37.3 Å². The van der Waals surface area contributed by atoms with Gasteiger partial charge in [0.25, 0.3) is 0 Å². The topological polar surface area (TPSA) is 123 Å². The fourth-order valence-electron chi connectivity index (χ4n) is 1.52. The maximum Gasteiger partial charge on any atom is 0.187 e. The summed E-state index contributed by atoms with van der Waals surface area (Å²) in [6.45, 7) is 1.11. The Bertz CT molecular complexity index is 337. The lowest BCUT2D eigenvalue weighted by Crippen LogP contribution is -2.59. The summed E-state index contributed by atoms with van der Waals surface area (Å²) < 4.78 is 10.2. The van der Waals surface area contributed by atoms with Crippen molar-refractivity contribution in [2.75, 3.05) is 13.2 Å². The minimum Gasteiger partial charge on any atom is -0.394 e. The molecule has 0 radical (unpaired) electrons. The third-order valence-corrected chi connectivity index (χ3v) is 2.67. The Hall–Kier alpha value is -1.01. The van der Waals surface area contributed by atoms with Crippen molar-refractivity contribution >= 4 is 0 Å². The number of aliphatic hydroxyl groups excluding tert-OH is 4. The predicted molar refractivity (Wildman–Crippen MR) is 59.1 cm³/mol. The molecule has 7 nitrogen and oxygen atoms in total. The Morgan fingerprint density at radius 2 is 2.00 bits per heavy atom. The van der Waals surface area contributed by atoms with Crippen LogP contribution in [0.4, 0.5) is 0 Å². The van der Waals surface area contributed by atoms with Gasteiger partial charge in [0.1, 0.15) is 24.4 Å². The second-order valence-electron chi connectivity index (χ2n) is 4.03. The molecular weight excluding hydrogens is 242 g/mol. The Morgan fingerprint density at radius 1 is 1.33 bits per heavy atom. The van der Waals surface area contributed by atoms with E-state index in [1.807, 2.05) is 6.07 Å². The van der Waals surface area contributed by atoms with Gasteiger partial charge in [-0.3, -0.25) is 0 Å². The molecule has 0 aromatic rings. The second kappa shape index (κ2) is 6.80. The second-order valence-corrected chi connectivity index (χ2v) is 4.03. The predicted octanol–water partition coefficient (Wildman–Crippen LogP) is -1.73. The summed E-state index contributed by atoms with van der Waals surface area (Å²) in [5.74, 6) is 0. The van der Waals surface area contributed by atoms with Crippen molar-refractivity contribution < 1.29 is 29.9 Å². The highest BCUT2D eigenvalue weighted by molar-refractivity contribution is 5.17. The van der Waals surface area contributed by atoms with Crippen molar-refractivity contribution in [2.45, 2.75) is 37.6 Å². The molecule has 7 heteroatoms. The van der Waals surface area contributed by atoms with Gasteiger partial charge < -0.3 is 29.9 Å². The molecule has 0 aliphatic carbocycles. The number of hydrogen-bond donors (Lipinski definition) is 4. The molecule has 4 N–H and O–H groups in total. The number of nitrogens with zero attached hydrogens (tertiary/aromatic N) is 1. The molecule has 1 aliphatic heterocycles. The standard InChI is InChI=1S/C11H17NO6/c1-6(4-12)2-3-17-11-10(16)9(15)8(14)7(5-13)18-11/h2,7-11,13-16H,3,5H2,1H3/b6-2+/t7-,8-,9+,10-,11-/m1/s1. The summed E-state index contributed by atoms with van der Waals surface area (Å²) in [5.41, 5.74) is 0.444. The quantitative estimate of drug-likeness (QED) is 0.442. The van der Waals surface area contributed by atoms with Crippen LogP contribution in [0.2, 0.25) is 0 Å². The summed E-state index contributed by atoms with van der Waals surface area (Å²) in [6.07, 6.45) is -4.94. The van der Waals surface area contributed by atoms with Crippen molar-refractivity contribution in [1.29, 1.82) is 5.26 Å². The molecular formula is C11H17NO6. The lowest BCUT2D eigenvalue weighted by Gasteiger charge is -2.39. The van der Waals surface area contributed by atoms with Gasteiger partial charge in [0.15, 0.2) is 6.29 Å². The summed E-state index contributed by atoms with van der Waals surface area (Å²) in [7, 11) is 0. The minimum absolute atomic E-state index is 0.0160. The molecule has 1 rings (SSSR count). The summed E-state index contributed by atoms with van der Waals surface area (Å²) in [4.78, 5) is 0. The van der Waals surface area contributed by atoms with E-state index in [0.29, 0.717) is 5.57 Å². The van der Waals surface area contributed by atoms with Crippen LogP contribution >= 0.6 is 0 Å². The Kier molecular flexibility index (Phi) is 5.68. The first kappa shape index (κ1) is 15.0. The van der Waals surface area contributed by atoms with E-state index in [9.17, 15) is 15.3 Å². The summed E-state index contributed by atoms with van der Waals surface area (Å²) >= 11 is 0. The lowest BCUT2D eigenvalue weighted by molar-refractivity contribution is -0.298. The van der Waals surface area contributed by atoms with Crippen LogP contribution < -0.4 is 0 Å². The first-order valence-electron chi connectivity index (χ1n) is 5.50. The lowest BCUT2D eigenvalue weighted by atomic mass is 9.99. The van der Waals surface area contributed by atoms with E-state index in [-0.39, 0.29) is 6.61 Å². The van der Waals surface area contributed by atoms with Gasteiger partial charge in [-0.25, -0.2) is 0 Å². The van der Waals surface area contributed by atoms with Crippen LogP contribution in [0.1, 0.15) is 6.92 Å². The fourth-order valence-corrected chi connectivity index (χ4v) is 1.52. The molecule has 0 unspecified atom stereocenters. The van der Waals surface area contributed by atoms with Gasteiger partial charge in [-0.1, -0.05) is 0 Å². The number of aliphatic hydroxyl groups is 4. The highest BCUT2D eigenvalue weighted by atomic mass is 16.7. The van der Waals surface area contributed by atoms with Crippen LogP contribution in [0.5, 0.6) is 0 Å². The van der Waals surface area contributed by atoms with Crippen molar-refractivity contribution in [1.82, 2.24) is 0 Å². The number of allylic oxidation sites excluding steroid dienone is 1. The molecule has 18 heavy (non-hydrogen) atoms. The number of ether oxygens (including phenoxy) is 2. The maximum atomic E-state index is 9.62. The number of hydrogen-bond acceptors (Lipinski definition) is 7. The van der Waals surface area contributed by atoms with E-state index in [4.69, 9.17) is 19.8 Å². The summed E-state index contributed by atoms with van der Waals surface area (Å²) in [5, 5.41) is 46.1. The first-order chi connectivity index (χ1) is 8.51. The van der Waals surface area contributed by atoms with Gasteiger partial charge in [-0.15, -0.1) is 0 Å². The first-order valence-corrected chi connectivity index (χ1v) is 5.50. The van der Waals surface area contributed by atoms with Gasteiger partial charge in [-0.2, -0.15) is 5.26 Å². The van der Waals surface area contributed by atoms with Gasteiger partial charge in [0.2, 0.25) is 0 Å². The van der Waals surface area contributed by atoms with Crippen LogP contribution in [0, 0.1) is 11.3 Å². The van der Waals surface area contributed by atoms with E-state index >= 15 is 0 Å². The molecule has 0 aromatic heterocycles. The van der Waals surface area contributed by atoms with Crippen LogP contribution in [0.3, 0.4) is 0 Å². The van der Waals surface area contributed by atoms with Crippen molar-refractivity contribution in [3.8, 4) is 6.07 Å². The molecule has 1 saturated heterocycles. The zero-order valence-corrected chi connectivity index (χ0v) is 9.93. The van der Waals surface area contributed by atoms with Gasteiger partial charge in [0, 0.05) is 5.57 Å². The molecule has 0 amide bonds. The molecule has 1 heterocycles. The van der Waals surface area contributed by atoms with Crippen LogP contribution in [-0.2, 0) is 9.47 Å². The Labute approximate surface area is 104 Å². The SMILES string of the molecule is C/C(C#N)=C\CO[C@@H]1O[C@H](CO)[C@@H](O)[C@H](O)[C@H]1O. The van der Waals surface area contributed by atoms with Gasteiger partial charge in [0.05, 0.1) is 19.3 Å². The normalized spacial score (nSPS) is 37.3. The van der Waals surface area contributed by atoms with E-state index in [1.165, 1.54) is 6.08 Å². The fraction of sp³-hybridized carbons (Fsp3) is 0.727. The summed E-state index contributed by atoms with van der Waals surface area (Å²) in [6, 6.07) is 1.90. The van der Waals surface area contributed by atoms with Crippen LogP contribution in [-0.4, -0.2) is 64.3 Å². The monoisotopic (exact) mass is 259 g/mol. The molecule has 0 bridgehead atoms. The Morgan fingerprint density at radius 3 is 2.56 bits per heavy atom. The van der Waals surface area contributed by atoms with E-state index in [1.54, 1.807) is 6.92 Å². The van der Waals surface area contributed by atoms with Crippen molar-refractivity contribution in [2.24, 2.45) is 0 Å². The van der Waals surface area contributed by atoms with Crippen molar-refractivity contribution in [3.63, 3.8) is 0 Å². The van der Waals surface area contributed by atoms with Crippen LogP contribution in [0.25, 0.3) is 0 Å². The number of nitriles is 1. The molecule has 1 aliphatic rings. The minimum atomic E-state index is -1.46. The average Bonchev–Trinajstić information content (AvgIpc) is 2.38. The smallest absolute Gasteiger partial charge is 0.187 e. The van der Waals surface area contributed by atoms with E-state index in [2.05, 4.69) is 0 Å². The zero-order valence-electron chi connectivity index (χ0n) is 9.93. The number of rotatable bonds is 4. The van der Waals surface area contributed by atoms with E-state index in [0.717, 1.165) is 0 Å². The van der Waals surface area contributed by atoms with Gasteiger partial charge in [-0.05, 0) is 13.0 Å². The van der Waals surface area contributed by atoms with Crippen LogP contribution in [0.15, 0.2) is 11.6 Å². The molecule has 0 saturated carbocycles. The third-order valence-electron chi connectivity index (χ3n) is 2.67. The highest BCUT2D eigenvalue weighted by Gasteiger charge is 2.43. The largest absolute Gasteiger partial charge is 0.394 e. The van der Waals surface area contributed by atoms with Crippen molar-refractivity contribution in [3.05, 3.63) is 11.6 Å². The molecule has 0 spiro atoms. The zero-order chi connectivity index (χ0) is 13.7. The molecule has 5 atom stereocenters. The third kappa shape index (κ3) is 3.49. The molecule has 1 fully saturated rings. The maximum absolute atomic E-state index is 9.62.